The summed E-state index contributed by atoms with van der Waals surface area (Å²) in [7, 11) is 0. The van der Waals surface area contributed by atoms with Gasteiger partial charge in [0.2, 0.25) is 5.91 Å². The van der Waals surface area contributed by atoms with E-state index in [-0.39, 0.29) is 24.4 Å². The van der Waals surface area contributed by atoms with Crippen LogP contribution in [-0.2, 0) is 9.59 Å². The summed E-state index contributed by atoms with van der Waals surface area (Å²) < 4.78 is 0. The fourth-order valence-corrected chi connectivity index (χ4v) is 6.98. The van der Waals surface area contributed by atoms with E-state index < -0.39 is 0 Å². The number of benzene rings is 1. The number of para-hydroxylation sites is 1. The van der Waals surface area contributed by atoms with Crippen molar-refractivity contribution in [1.82, 2.24) is 5.32 Å². The van der Waals surface area contributed by atoms with Gasteiger partial charge in [-0.15, -0.1) is 0 Å². The monoisotopic (exact) mass is 412 g/mol. The molecule has 0 radical (unpaired) electrons. The molecule has 5 rings (SSSR count). The number of quaternary nitrogens is 1. The van der Waals surface area contributed by atoms with Gasteiger partial charge in [-0.1, -0.05) is 18.2 Å². The topological polar surface area (TPSA) is 74.8 Å². The molecule has 5 nitrogen and oxygen atoms in total. The van der Waals surface area contributed by atoms with E-state index in [1.807, 2.05) is 39.0 Å². The summed E-state index contributed by atoms with van der Waals surface area (Å²) in [5, 5.41) is 8.03. The van der Waals surface area contributed by atoms with E-state index in [2.05, 4.69) is 22.9 Å². The lowest BCUT2D eigenvalue weighted by molar-refractivity contribution is -0.719. The van der Waals surface area contributed by atoms with Crippen LogP contribution in [0.1, 0.15) is 63.5 Å². The summed E-state index contributed by atoms with van der Waals surface area (Å²) in [5.74, 6) is 2.53. The van der Waals surface area contributed by atoms with Gasteiger partial charge in [-0.25, -0.2) is 0 Å². The second kappa shape index (κ2) is 8.33. The third kappa shape index (κ3) is 4.27. The van der Waals surface area contributed by atoms with E-state index in [9.17, 15) is 9.59 Å². The summed E-state index contributed by atoms with van der Waals surface area (Å²) >= 11 is 0. The van der Waals surface area contributed by atoms with Gasteiger partial charge < -0.3 is 16.0 Å². The summed E-state index contributed by atoms with van der Waals surface area (Å²) in [6.07, 6.45) is 8.38. The maximum Gasteiger partial charge on any atom is 0.278 e. The van der Waals surface area contributed by atoms with Crippen molar-refractivity contribution < 1.29 is 14.9 Å². The zero-order valence-corrected chi connectivity index (χ0v) is 19.0. The van der Waals surface area contributed by atoms with Crippen molar-refractivity contribution in [3.8, 4) is 0 Å². The molecule has 4 aliphatic rings. The van der Waals surface area contributed by atoms with Crippen LogP contribution in [0.2, 0.25) is 0 Å². The predicted molar refractivity (Wildman–Crippen MR) is 119 cm³/mol. The van der Waals surface area contributed by atoms with Gasteiger partial charge in [0.25, 0.3) is 5.91 Å². The van der Waals surface area contributed by atoms with E-state index >= 15 is 0 Å². The Morgan fingerprint density at radius 3 is 2.10 bits per heavy atom. The third-order valence-corrected chi connectivity index (χ3v) is 8.21. The Kier molecular flexibility index (Phi) is 5.93. The second-order valence-electron chi connectivity index (χ2n) is 10.6. The lowest BCUT2D eigenvalue weighted by Gasteiger charge is -2.58. The van der Waals surface area contributed by atoms with Gasteiger partial charge in [0.15, 0.2) is 6.04 Å². The molecule has 0 spiro atoms. The van der Waals surface area contributed by atoms with E-state index in [4.69, 9.17) is 0 Å². The first-order chi connectivity index (χ1) is 14.3. The van der Waals surface area contributed by atoms with E-state index in [1.165, 1.54) is 38.5 Å². The molecule has 0 saturated heterocycles. The number of nitrogens with one attached hydrogen (secondary N) is 2. The fourth-order valence-electron chi connectivity index (χ4n) is 6.98. The number of aryl methyl sites for hydroxylation is 2. The molecule has 1 aromatic carbocycles. The van der Waals surface area contributed by atoms with Crippen LogP contribution in [0.5, 0.6) is 0 Å². The van der Waals surface area contributed by atoms with Crippen LogP contribution >= 0.6 is 0 Å². The molecule has 2 amide bonds. The van der Waals surface area contributed by atoms with Crippen molar-refractivity contribution in [2.75, 3.05) is 11.9 Å². The summed E-state index contributed by atoms with van der Waals surface area (Å²) in [4.78, 5) is 25.0. The van der Waals surface area contributed by atoms with Crippen LogP contribution in [0.4, 0.5) is 5.69 Å². The molecule has 4 bridgehead atoms. The van der Waals surface area contributed by atoms with E-state index in [0.29, 0.717) is 11.5 Å². The molecule has 4 saturated carbocycles. The van der Waals surface area contributed by atoms with Gasteiger partial charge in [0.05, 0.1) is 12.6 Å². The number of carbonyl (C=O) groups is 2. The van der Waals surface area contributed by atoms with Crippen LogP contribution in [0.15, 0.2) is 18.2 Å². The van der Waals surface area contributed by atoms with Gasteiger partial charge in [0.1, 0.15) is 0 Å². The van der Waals surface area contributed by atoms with Crippen LogP contribution in [0.3, 0.4) is 0 Å². The number of rotatable bonds is 7. The molecular formula is C25H38N3O2+. The Bertz CT molecular complexity index is 763. The Labute approximate surface area is 180 Å². The molecule has 0 unspecified atom stereocenters. The average molecular weight is 413 g/mol. The zero-order chi connectivity index (χ0) is 21.5. The highest BCUT2D eigenvalue weighted by atomic mass is 16.2. The molecule has 164 valence electrons. The predicted octanol–water partition coefficient (Wildman–Crippen LogP) is 2.91. The average Bonchev–Trinajstić information content (AvgIpc) is 2.68. The lowest BCUT2D eigenvalue weighted by atomic mass is 9.48. The third-order valence-electron chi connectivity index (χ3n) is 8.21. The largest absolute Gasteiger partial charge is 0.342 e. The molecule has 2 atom stereocenters. The highest BCUT2D eigenvalue weighted by Crippen LogP contribution is 2.60. The Morgan fingerprint density at radius 2 is 1.57 bits per heavy atom. The van der Waals surface area contributed by atoms with Crippen LogP contribution < -0.4 is 16.0 Å². The van der Waals surface area contributed by atoms with Crippen molar-refractivity contribution in [2.45, 2.75) is 78.3 Å². The van der Waals surface area contributed by atoms with Gasteiger partial charge >= 0.3 is 0 Å². The first kappa shape index (κ1) is 21.4. The minimum absolute atomic E-state index is 0.0105. The quantitative estimate of drug-likeness (QED) is 0.644. The first-order valence-electron chi connectivity index (χ1n) is 11.7. The number of anilines is 1. The normalized spacial score (nSPS) is 31.3. The number of hydrogen-bond donors (Lipinski definition) is 3. The maximum atomic E-state index is 12.7. The molecule has 4 fully saturated rings. The van der Waals surface area contributed by atoms with E-state index in [0.717, 1.165) is 34.6 Å². The SMILES string of the molecule is Cc1cccc(C)c1NC(=O)CNC(=O)[C@@H](C)[NH2+][C@@H](C)C12CC3CC(CC(C3)C1)C2. The molecule has 4 N–H and O–H groups in total. The minimum Gasteiger partial charge on any atom is -0.342 e. The fraction of sp³-hybridized carbons (Fsp3) is 0.680. The van der Waals surface area contributed by atoms with E-state index in [1.54, 1.807) is 0 Å². The lowest BCUT2D eigenvalue weighted by Crippen LogP contribution is -2.98. The number of hydrogen-bond acceptors (Lipinski definition) is 2. The zero-order valence-electron chi connectivity index (χ0n) is 19.0. The number of amides is 2. The van der Waals surface area contributed by atoms with Gasteiger partial charge in [0, 0.05) is 11.1 Å². The maximum absolute atomic E-state index is 12.7. The Hall–Kier alpha value is -1.88. The van der Waals surface area contributed by atoms with Crippen molar-refractivity contribution in [3.63, 3.8) is 0 Å². The number of carbonyl (C=O) groups excluding carboxylic acids is 2. The summed E-state index contributed by atoms with van der Waals surface area (Å²) in [6, 6.07) is 6.20. The number of nitrogens with two attached hydrogens (primary N) is 1. The smallest absolute Gasteiger partial charge is 0.278 e. The Morgan fingerprint density at radius 1 is 1.03 bits per heavy atom. The van der Waals surface area contributed by atoms with Crippen molar-refractivity contribution in [1.29, 1.82) is 0 Å². The molecule has 30 heavy (non-hydrogen) atoms. The van der Waals surface area contributed by atoms with Crippen LogP contribution in [-0.4, -0.2) is 30.4 Å². The van der Waals surface area contributed by atoms with Gasteiger partial charge in [-0.05, 0) is 95.1 Å². The standard InChI is InChI=1S/C25H37N3O2/c1-15-6-5-7-16(2)23(15)28-22(29)14-26-24(30)17(3)27-18(4)25-11-19-8-20(12-25)10-21(9-19)13-25/h5-7,17-21,27H,8-14H2,1-4H3,(H,26,30)(H,28,29)/p+1/t17-,18+,19?,20?,21?,25?/m1/s1. The Balaban J connectivity index is 1.27. The molecule has 5 heteroatoms. The van der Waals surface area contributed by atoms with Crippen molar-refractivity contribution in [2.24, 2.45) is 23.2 Å². The molecule has 0 heterocycles. The molecule has 0 aliphatic heterocycles. The molecule has 4 aliphatic carbocycles. The van der Waals surface area contributed by atoms with Gasteiger partial charge in [-0.2, -0.15) is 0 Å². The van der Waals surface area contributed by atoms with Crippen LogP contribution in [0.25, 0.3) is 0 Å². The molecule has 0 aromatic heterocycles. The van der Waals surface area contributed by atoms with Gasteiger partial charge in [-0.3, -0.25) is 9.59 Å². The molecular weight excluding hydrogens is 374 g/mol. The summed E-state index contributed by atoms with van der Waals surface area (Å²) in [5.41, 5.74) is 3.32. The summed E-state index contributed by atoms with van der Waals surface area (Å²) in [6.45, 7) is 8.25. The highest BCUT2D eigenvalue weighted by molar-refractivity contribution is 5.96. The minimum atomic E-state index is -0.180. The van der Waals surface area contributed by atoms with Crippen molar-refractivity contribution >= 4 is 17.5 Å². The van der Waals surface area contributed by atoms with Crippen molar-refractivity contribution in [3.05, 3.63) is 29.3 Å². The molecule has 1 aromatic rings. The first-order valence-corrected chi connectivity index (χ1v) is 11.7. The highest BCUT2D eigenvalue weighted by Gasteiger charge is 2.54. The van der Waals surface area contributed by atoms with Crippen LogP contribution in [0, 0.1) is 37.0 Å². The second-order valence-corrected chi connectivity index (χ2v) is 10.6.